The fourth-order valence-corrected chi connectivity index (χ4v) is 2.05. The predicted octanol–water partition coefficient (Wildman–Crippen LogP) is 2.43. The topological polar surface area (TPSA) is 38.7 Å². The minimum absolute atomic E-state index is 0.290. The van der Waals surface area contributed by atoms with Crippen LogP contribution in [0.4, 0.5) is 0 Å². The highest BCUT2D eigenvalue weighted by Gasteiger charge is 2.17. The Labute approximate surface area is 96.0 Å². The molecule has 1 atom stereocenters. The second-order valence-corrected chi connectivity index (χ2v) is 4.02. The van der Waals surface area contributed by atoms with E-state index in [1.54, 1.807) is 0 Å². The molecule has 0 fully saturated rings. The molecule has 1 aliphatic carbocycles. The molecule has 1 aromatic carbocycles. The minimum Gasteiger partial charge on any atom is -0.468 e. The Morgan fingerprint density at radius 1 is 1.44 bits per heavy atom. The van der Waals surface area contributed by atoms with Gasteiger partial charge < -0.3 is 14.6 Å². The fourth-order valence-electron chi connectivity index (χ4n) is 2.05. The van der Waals surface area contributed by atoms with Crippen molar-refractivity contribution in [3.05, 3.63) is 29.3 Å². The van der Waals surface area contributed by atoms with Crippen molar-refractivity contribution in [2.45, 2.75) is 32.3 Å². The molecule has 1 aliphatic rings. The minimum atomic E-state index is -0.301. The van der Waals surface area contributed by atoms with E-state index in [9.17, 15) is 5.11 Å². The molecular weight excluding hydrogens is 204 g/mol. The number of benzene rings is 1. The van der Waals surface area contributed by atoms with E-state index in [0.717, 1.165) is 30.6 Å². The molecular formula is C13H18O3. The van der Waals surface area contributed by atoms with Crippen LogP contribution < -0.4 is 4.74 Å². The maximum Gasteiger partial charge on any atom is 0.189 e. The summed E-state index contributed by atoms with van der Waals surface area (Å²) in [5.74, 6) is 0.821. The molecule has 1 unspecified atom stereocenters. The second-order valence-electron chi connectivity index (χ2n) is 4.02. The average molecular weight is 222 g/mol. The molecule has 88 valence electrons. The number of fused-ring (bicyclic) bond motifs is 1. The third-order valence-corrected chi connectivity index (χ3v) is 2.91. The lowest BCUT2D eigenvalue weighted by molar-refractivity contribution is 0.0223. The summed E-state index contributed by atoms with van der Waals surface area (Å²) in [6, 6.07) is 5.86. The summed E-state index contributed by atoms with van der Waals surface area (Å²) in [5.41, 5.74) is 2.25. The first kappa shape index (κ1) is 11.4. The molecule has 1 aromatic rings. The van der Waals surface area contributed by atoms with Gasteiger partial charge in [-0.1, -0.05) is 6.07 Å². The molecule has 0 saturated carbocycles. The van der Waals surface area contributed by atoms with Gasteiger partial charge in [0.1, 0.15) is 5.75 Å². The zero-order valence-corrected chi connectivity index (χ0v) is 9.61. The molecule has 0 bridgehead atoms. The molecule has 0 radical (unpaired) electrons. The van der Waals surface area contributed by atoms with Crippen molar-refractivity contribution in [3.8, 4) is 5.75 Å². The molecule has 3 nitrogen and oxygen atoms in total. The van der Waals surface area contributed by atoms with Gasteiger partial charge >= 0.3 is 0 Å². The molecule has 0 aromatic heterocycles. The Morgan fingerprint density at radius 3 is 3.12 bits per heavy atom. The summed E-state index contributed by atoms with van der Waals surface area (Å²) in [4.78, 5) is 0. The van der Waals surface area contributed by atoms with Crippen LogP contribution in [0.1, 0.15) is 37.0 Å². The van der Waals surface area contributed by atoms with Gasteiger partial charge in [0, 0.05) is 6.61 Å². The van der Waals surface area contributed by atoms with Crippen molar-refractivity contribution in [1.29, 1.82) is 0 Å². The zero-order chi connectivity index (χ0) is 11.4. The van der Waals surface area contributed by atoms with Crippen LogP contribution in [0, 0.1) is 0 Å². The number of aliphatic hydroxyl groups is 1. The van der Waals surface area contributed by atoms with E-state index in [1.807, 2.05) is 25.1 Å². The van der Waals surface area contributed by atoms with E-state index < -0.39 is 0 Å². The molecule has 1 N–H and O–H groups in total. The second kappa shape index (κ2) is 5.32. The monoisotopic (exact) mass is 222 g/mol. The zero-order valence-electron chi connectivity index (χ0n) is 9.61. The summed E-state index contributed by atoms with van der Waals surface area (Å²) in [6.07, 6.45) is 2.64. The molecule has 0 saturated heterocycles. The van der Waals surface area contributed by atoms with Crippen LogP contribution in [-0.2, 0) is 11.2 Å². The first-order valence-corrected chi connectivity index (χ1v) is 5.82. The van der Waals surface area contributed by atoms with Crippen LogP contribution in [0.5, 0.6) is 5.75 Å². The Hall–Kier alpha value is -1.06. The first-order valence-electron chi connectivity index (χ1n) is 5.82. The van der Waals surface area contributed by atoms with Gasteiger partial charge in [-0.2, -0.15) is 0 Å². The summed E-state index contributed by atoms with van der Waals surface area (Å²) in [5, 5.41) is 9.80. The quantitative estimate of drug-likeness (QED) is 0.628. The lowest BCUT2D eigenvalue weighted by atomic mass is 9.89. The highest BCUT2D eigenvalue weighted by molar-refractivity contribution is 5.38. The third-order valence-electron chi connectivity index (χ3n) is 2.91. The Morgan fingerprint density at radius 2 is 2.31 bits per heavy atom. The molecule has 3 heteroatoms. The van der Waals surface area contributed by atoms with Crippen molar-refractivity contribution >= 4 is 0 Å². The van der Waals surface area contributed by atoms with E-state index in [4.69, 9.17) is 9.47 Å². The van der Waals surface area contributed by atoms with Gasteiger partial charge in [-0.3, -0.25) is 0 Å². The Bertz CT molecular complexity index is 349. The van der Waals surface area contributed by atoms with E-state index in [2.05, 4.69) is 0 Å². The first-order chi connectivity index (χ1) is 7.81. The number of aliphatic hydroxyl groups excluding tert-OH is 1. The number of ether oxygens (including phenoxy) is 2. The Kier molecular flexibility index (Phi) is 3.80. The van der Waals surface area contributed by atoms with Gasteiger partial charge in [-0.15, -0.1) is 0 Å². The number of aryl methyl sites for hydroxylation is 1. The maximum atomic E-state index is 9.80. The third kappa shape index (κ3) is 2.54. The largest absolute Gasteiger partial charge is 0.468 e. The van der Waals surface area contributed by atoms with Crippen molar-refractivity contribution in [1.82, 2.24) is 0 Å². The Balaban J connectivity index is 2.06. The van der Waals surface area contributed by atoms with Crippen LogP contribution in [-0.4, -0.2) is 18.5 Å². The van der Waals surface area contributed by atoms with Gasteiger partial charge in [0.15, 0.2) is 6.79 Å². The molecule has 16 heavy (non-hydrogen) atoms. The SMILES string of the molecule is CCOCOc1ccc2c(c1)CCCC2O. The lowest BCUT2D eigenvalue weighted by Crippen LogP contribution is -2.09. The fraction of sp³-hybridized carbons (Fsp3) is 0.538. The van der Waals surface area contributed by atoms with Crippen LogP contribution in [0.25, 0.3) is 0 Å². The highest BCUT2D eigenvalue weighted by Crippen LogP contribution is 2.31. The molecule has 0 heterocycles. The van der Waals surface area contributed by atoms with Crippen LogP contribution in [0.15, 0.2) is 18.2 Å². The molecule has 0 aliphatic heterocycles. The number of hydrogen-bond donors (Lipinski definition) is 1. The van der Waals surface area contributed by atoms with E-state index in [-0.39, 0.29) is 12.9 Å². The van der Waals surface area contributed by atoms with Crippen molar-refractivity contribution in [3.63, 3.8) is 0 Å². The summed E-state index contributed by atoms with van der Waals surface area (Å²) in [6.45, 7) is 2.88. The van der Waals surface area contributed by atoms with Gasteiger partial charge in [-0.25, -0.2) is 0 Å². The van der Waals surface area contributed by atoms with Gasteiger partial charge in [0.25, 0.3) is 0 Å². The van der Waals surface area contributed by atoms with Gasteiger partial charge in [-0.05, 0) is 49.4 Å². The molecule has 2 rings (SSSR count). The van der Waals surface area contributed by atoms with E-state index in [1.165, 1.54) is 5.56 Å². The van der Waals surface area contributed by atoms with Crippen LogP contribution >= 0.6 is 0 Å². The number of rotatable bonds is 4. The number of hydrogen-bond acceptors (Lipinski definition) is 3. The standard InChI is InChI=1S/C13H18O3/c1-2-15-9-16-11-6-7-12-10(8-11)4-3-5-13(12)14/h6-8,13-14H,2-5,9H2,1H3. The summed E-state index contributed by atoms with van der Waals surface area (Å²) >= 11 is 0. The highest BCUT2D eigenvalue weighted by atomic mass is 16.7. The summed E-state index contributed by atoms with van der Waals surface area (Å²) in [7, 11) is 0. The smallest absolute Gasteiger partial charge is 0.189 e. The molecule has 0 spiro atoms. The predicted molar refractivity (Wildman–Crippen MR) is 61.5 cm³/mol. The lowest BCUT2D eigenvalue weighted by Gasteiger charge is -2.21. The van der Waals surface area contributed by atoms with Crippen molar-refractivity contribution in [2.75, 3.05) is 13.4 Å². The van der Waals surface area contributed by atoms with Gasteiger partial charge in [0.2, 0.25) is 0 Å². The van der Waals surface area contributed by atoms with E-state index in [0.29, 0.717) is 6.61 Å². The summed E-state index contributed by atoms with van der Waals surface area (Å²) < 4.78 is 10.6. The molecule has 0 amide bonds. The normalized spacial score (nSPS) is 19.2. The van der Waals surface area contributed by atoms with E-state index >= 15 is 0 Å². The van der Waals surface area contributed by atoms with Crippen LogP contribution in [0.2, 0.25) is 0 Å². The van der Waals surface area contributed by atoms with Crippen molar-refractivity contribution < 1.29 is 14.6 Å². The van der Waals surface area contributed by atoms with Gasteiger partial charge in [0.05, 0.1) is 6.10 Å². The van der Waals surface area contributed by atoms with Crippen molar-refractivity contribution in [2.24, 2.45) is 0 Å². The maximum absolute atomic E-state index is 9.80. The van der Waals surface area contributed by atoms with Crippen LogP contribution in [0.3, 0.4) is 0 Å². The average Bonchev–Trinajstić information content (AvgIpc) is 2.30.